The molecule has 32 heavy (non-hydrogen) atoms. The molecule has 0 saturated carbocycles. The lowest BCUT2D eigenvalue weighted by atomic mass is 9.99. The van der Waals surface area contributed by atoms with Crippen LogP contribution >= 0.6 is 0 Å². The van der Waals surface area contributed by atoms with Crippen LogP contribution in [0.3, 0.4) is 0 Å². The van der Waals surface area contributed by atoms with Crippen LogP contribution in [0.5, 0.6) is 0 Å². The van der Waals surface area contributed by atoms with Crippen molar-refractivity contribution in [1.29, 1.82) is 0 Å². The van der Waals surface area contributed by atoms with Gasteiger partial charge in [0.1, 0.15) is 0 Å². The van der Waals surface area contributed by atoms with E-state index in [1.54, 1.807) is 6.07 Å². The minimum Gasteiger partial charge on any atom is -0.399 e. The van der Waals surface area contributed by atoms with Gasteiger partial charge in [-0.1, -0.05) is 42.5 Å². The van der Waals surface area contributed by atoms with E-state index < -0.39 is 0 Å². The van der Waals surface area contributed by atoms with Crippen LogP contribution in [0.15, 0.2) is 72.8 Å². The lowest BCUT2D eigenvalue weighted by Gasteiger charge is -2.15. The first-order chi connectivity index (χ1) is 15.7. The van der Waals surface area contributed by atoms with Crippen LogP contribution in [0.4, 0.5) is 17.1 Å². The highest BCUT2D eigenvalue weighted by atomic mass is 16.2. The summed E-state index contributed by atoms with van der Waals surface area (Å²) >= 11 is 0. The molecule has 1 atom stereocenters. The maximum absolute atomic E-state index is 13.0. The standard InChI is InChI=1S/C27H28N4O/c28-20-11-15-24-23(17-20)25(27(32)31-24)26(19-5-2-1-3-6-19)30-22-13-9-18(10-14-22)8-12-21-7-4-16-29-21/h1-3,5-6,9-11,13-15,17,21,29-30H,4,7-8,12,16,28H2,(H,31,32)/b26-25-. The van der Waals surface area contributed by atoms with Gasteiger partial charge in [0.15, 0.2) is 0 Å². The van der Waals surface area contributed by atoms with Crippen LogP contribution in [0.1, 0.15) is 36.0 Å². The summed E-state index contributed by atoms with van der Waals surface area (Å²) in [6, 6.07) is 24.6. The topological polar surface area (TPSA) is 79.2 Å². The molecule has 5 heteroatoms. The number of anilines is 3. The molecule has 0 radical (unpaired) electrons. The third-order valence-corrected chi connectivity index (χ3v) is 6.27. The molecule has 0 aliphatic carbocycles. The van der Waals surface area contributed by atoms with Gasteiger partial charge in [0.2, 0.25) is 0 Å². The van der Waals surface area contributed by atoms with Crippen molar-refractivity contribution in [3.05, 3.63) is 89.5 Å². The Morgan fingerprint density at radius 3 is 2.59 bits per heavy atom. The highest BCUT2D eigenvalue weighted by Gasteiger charge is 2.28. The number of hydrogen-bond donors (Lipinski definition) is 4. The Kier molecular flexibility index (Phi) is 5.65. The van der Waals surface area contributed by atoms with Gasteiger partial charge in [0, 0.05) is 28.7 Å². The molecule has 5 rings (SSSR count). The van der Waals surface area contributed by atoms with Crippen molar-refractivity contribution < 1.29 is 4.79 Å². The molecule has 1 fully saturated rings. The van der Waals surface area contributed by atoms with E-state index in [1.807, 2.05) is 42.5 Å². The Hall–Kier alpha value is -3.57. The number of rotatable bonds is 6. The fourth-order valence-corrected chi connectivity index (χ4v) is 4.56. The fraction of sp³-hybridized carbons (Fsp3) is 0.222. The molecule has 0 aromatic heterocycles. The highest BCUT2D eigenvalue weighted by Crippen LogP contribution is 2.38. The van der Waals surface area contributed by atoms with Crippen molar-refractivity contribution in [2.45, 2.75) is 31.7 Å². The molecule has 2 heterocycles. The largest absolute Gasteiger partial charge is 0.399 e. The van der Waals surface area contributed by atoms with Crippen molar-refractivity contribution >= 4 is 34.2 Å². The van der Waals surface area contributed by atoms with Crippen LogP contribution in [-0.4, -0.2) is 18.5 Å². The molecule has 1 saturated heterocycles. The number of aryl methyl sites for hydroxylation is 1. The molecular weight excluding hydrogens is 396 g/mol. The predicted octanol–water partition coefficient (Wildman–Crippen LogP) is 4.89. The second kappa shape index (κ2) is 8.89. The zero-order chi connectivity index (χ0) is 21.9. The van der Waals surface area contributed by atoms with E-state index in [-0.39, 0.29) is 5.91 Å². The van der Waals surface area contributed by atoms with Crippen LogP contribution < -0.4 is 21.7 Å². The van der Waals surface area contributed by atoms with Gasteiger partial charge in [0.25, 0.3) is 5.91 Å². The minimum atomic E-state index is -0.127. The zero-order valence-electron chi connectivity index (χ0n) is 18.0. The number of nitrogens with one attached hydrogen (secondary N) is 3. The van der Waals surface area contributed by atoms with Gasteiger partial charge >= 0.3 is 0 Å². The minimum absolute atomic E-state index is 0.127. The van der Waals surface area contributed by atoms with E-state index in [4.69, 9.17) is 5.73 Å². The van der Waals surface area contributed by atoms with E-state index in [1.165, 1.54) is 24.8 Å². The number of carbonyl (C=O) groups excluding carboxylic acids is 1. The van der Waals surface area contributed by atoms with Crippen LogP contribution in [0, 0.1) is 0 Å². The Morgan fingerprint density at radius 1 is 1.03 bits per heavy atom. The summed E-state index contributed by atoms with van der Waals surface area (Å²) < 4.78 is 0. The van der Waals surface area contributed by atoms with Crippen molar-refractivity contribution in [2.75, 3.05) is 22.9 Å². The van der Waals surface area contributed by atoms with E-state index in [0.29, 0.717) is 17.3 Å². The van der Waals surface area contributed by atoms with E-state index in [9.17, 15) is 4.79 Å². The first-order valence-corrected chi connectivity index (χ1v) is 11.3. The van der Waals surface area contributed by atoms with Crippen LogP contribution in [0.25, 0.3) is 11.3 Å². The molecule has 162 valence electrons. The molecule has 2 aliphatic heterocycles. The number of hydrogen-bond acceptors (Lipinski definition) is 4. The van der Waals surface area contributed by atoms with Crippen molar-refractivity contribution in [3.8, 4) is 0 Å². The number of nitrogen functional groups attached to an aromatic ring is 1. The molecular formula is C27H28N4O. The quantitative estimate of drug-likeness (QED) is 0.336. The van der Waals surface area contributed by atoms with Crippen molar-refractivity contribution in [1.82, 2.24) is 5.32 Å². The maximum atomic E-state index is 13.0. The van der Waals surface area contributed by atoms with Gasteiger partial charge in [-0.15, -0.1) is 0 Å². The van der Waals surface area contributed by atoms with Crippen molar-refractivity contribution in [2.24, 2.45) is 0 Å². The molecule has 0 spiro atoms. The Bertz CT molecular complexity index is 1150. The maximum Gasteiger partial charge on any atom is 0.258 e. The Balaban J connectivity index is 1.45. The average molecular weight is 425 g/mol. The summed E-state index contributed by atoms with van der Waals surface area (Å²) in [5.41, 5.74) is 12.9. The molecule has 3 aromatic carbocycles. The molecule has 2 aliphatic rings. The summed E-state index contributed by atoms with van der Waals surface area (Å²) in [6.07, 6.45) is 4.80. The normalized spacial score (nSPS) is 18.9. The predicted molar refractivity (Wildman–Crippen MR) is 132 cm³/mol. The third-order valence-electron chi connectivity index (χ3n) is 6.27. The number of carbonyl (C=O) groups is 1. The second-order valence-corrected chi connectivity index (χ2v) is 8.53. The first kappa shape index (κ1) is 20.3. The molecule has 5 nitrogen and oxygen atoms in total. The summed E-state index contributed by atoms with van der Waals surface area (Å²) in [5, 5.41) is 10.0. The van der Waals surface area contributed by atoms with Gasteiger partial charge in [-0.3, -0.25) is 4.79 Å². The van der Waals surface area contributed by atoms with Crippen molar-refractivity contribution in [3.63, 3.8) is 0 Å². The third kappa shape index (κ3) is 4.25. The van der Waals surface area contributed by atoms with E-state index in [0.717, 1.165) is 41.2 Å². The van der Waals surface area contributed by atoms with Gasteiger partial charge in [-0.2, -0.15) is 0 Å². The van der Waals surface area contributed by atoms with Crippen LogP contribution in [-0.2, 0) is 11.2 Å². The molecule has 0 bridgehead atoms. The lowest BCUT2D eigenvalue weighted by molar-refractivity contribution is -0.110. The average Bonchev–Trinajstić information content (AvgIpc) is 3.45. The lowest BCUT2D eigenvalue weighted by Crippen LogP contribution is -2.21. The van der Waals surface area contributed by atoms with E-state index in [2.05, 4.69) is 40.2 Å². The zero-order valence-corrected chi connectivity index (χ0v) is 18.0. The summed E-state index contributed by atoms with van der Waals surface area (Å²) in [5.74, 6) is -0.127. The number of nitrogens with two attached hydrogens (primary N) is 1. The van der Waals surface area contributed by atoms with Crippen LogP contribution in [0.2, 0.25) is 0 Å². The molecule has 1 unspecified atom stereocenters. The summed E-state index contributed by atoms with van der Waals surface area (Å²) in [4.78, 5) is 13.0. The monoisotopic (exact) mass is 424 g/mol. The molecule has 1 amide bonds. The molecule has 3 aromatic rings. The SMILES string of the molecule is Nc1ccc2c(c1)/C(=C(/Nc1ccc(CCC3CCCN3)cc1)c1ccccc1)C(=O)N2. The first-order valence-electron chi connectivity index (χ1n) is 11.3. The van der Waals surface area contributed by atoms with Gasteiger partial charge in [-0.25, -0.2) is 0 Å². The molecule has 5 N–H and O–H groups in total. The Morgan fingerprint density at radius 2 is 1.84 bits per heavy atom. The van der Waals surface area contributed by atoms with Gasteiger partial charge < -0.3 is 21.7 Å². The second-order valence-electron chi connectivity index (χ2n) is 8.53. The number of benzene rings is 3. The van der Waals surface area contributed by atoms with E-state index >= 15 is 0 Å². The number of amides is 1. The highest BCUT2D eigenvalue weighted by molar-refractivity contribution is 6.37. The van der Waals surface area contributed by atoms with Gasteiger partial charge in [0.05, 0.1) is 11.3 Å². The van der Waals surface area contributed by atoms with Gasteiger partial charge in [-0.05, 0) is 73.7 Å². The number of fused-ring (bicyclic) bond motifs is 1. The Labute approximate surface area is 188 Å². The fourth-order valence-electron chi connectivity index (χ4n) is 4.56. The smallest absolute Gasteiger partial charge is 0.258 e. The summed E-state index contributed by atoms with van der Waals surface area (Å²) in [6.45, 7) is 1.15. The summed E-state index contributed by atoms with van der Waals surface area (Å²) in [7, 11) is 0.